The van der Waals surface area contributed by atoms with E-state index in [4.69, 9.17) is 10.2 Å². The van der Waals surface area contributed by atoms with Gasteiger partial charge in [-0.3, -0.25) is 4.79 Å². The molecular formula is C6H10O5S2. The van der Waals surface area contributed by atoms with Gasteiger partial charge in [-0.05, 0) is 0 Å². The minimum Gasteiger partial charge on any atom is -0.480 e. The summed E-state index contributed by atoms with van der Waals surface area (Å²) in [5.41, 5.74) is 0. The second kappa shape index (κ2) is 6.11. The van der Waals surface area contributed by atoms with Crippen molar-refractivity contribution in [3.05, 3.63) is 0 Å². The Morgan fingerprint density at radius 2 is 2.00 bits per heavy atom. The lowest BCUT2D eigenvalue weighted by Gasteiger charge is -2.09. The predicted molar refractivity (Wildman–Crippen MR) is 51.2 cm³/mol. The number of hydrogen-bond donors (Lipinski definition) is 4. The van der Waals surface area contributed by atoms with Gasteiger partial charge in [-0.25, -0.2) is 4.79 Å². The van der Waals surface area contributed by atoms with Gasteiger partial charge in [-0.15, -0.1) is 0 Å². The summed E-state index contributed by atoms with van der Waals surface area (Å²) in [6.45, 7) is -0.373. The average molecular weight is 226 g/mol. The maximum absolute atomic E-state index is 10.8. The zero-order valence-corrected chi connectivity index (χ0v) is 8.37. The Hall–Kier alpha value is -0.400. The van der Waals surface area contributed by atoms with Gasteiger partial charge in [-0.2, -0.15) is 25.3 Å². The van der Waals surface area contributed by atoms with Crippen LogP contribution in [0.5, 0.6) is 0 Å². The van der Waals surface area contributed by atoms with Crippen LogP contribution in [0.15, 0.2) is 0 Å². The topological polar surface area (TPSA) is 83.8 Å². The van der Waals surface area contributed by atoms with Crippen LogP contribution in [-0.2, 0) is 14.3 Å². The number of hydrogen-bond acceptors (Lipinski definition) is 6. The van der Waals surface area contributed by atoms with Crippen molar-refractivity contribution >= 4 is 37.2 Å². The minimum absolute atomic E-state index is 0.0663. The molecule has 0 bridgehead atoms. The average Bonchev–Trinajstić information content (AvgIpc) is 2.11. The Morgan fingerprint density at radius 3 is 2.38 bits per heavy atom. The molecule has 0 aromatic rings. The van der Waals surface area contributed by atoms with Crippen LogP contribution in [0.25, 0.3) is 0 Å². The fraction of sp³-hybridized carbons (Fsp3) is 0.667. The molecule has 76 valence electrons. The van der Waals surface area contributed by atoms with E-state index in [0.29, 0.717) is 0 Å². The lowest BCUT2D eigenvalue weighted by molar-refractivity contribution is -0.153. The zero-order valence-electron chi connectivity index (χ0n) is 6.58. The molecular weight excluding hydrogens is 216 g/mol. The number of carboxylic acid groups (broad SMARTS) is 1. The monoisotopic (exact) mass is 226 g/mol. The van der Waals surface area contributed by atoms with Crippen molar-refractivity contribution in [2.75, 3.05) is 12.4 Å². The van der Waals surface area contributed by atoms with Crippen LogP contribution in [-0.4, -0.2) is 45.9 Å². The van der Waals surface area contributed by atoms with E-state index in [1.807, 2.05) is 0 Å². The van der Waals surface area contributed by atoms with Gasteiger partial charge in [0.25, 0.3) is 0 Å². The highest BCUT2D eigenvalue weighted by Crippen LogP contribution is 1.98. The van der Waals surface area contributed by atoms with Crippen molar-refractivity contribution in [2.24, 2.45) is 0 Å². The molecule has 0 fully saturated rings. The number of aliphatic carboxylic acids is 1. The molecule has 0 aromatic carbocycles. The van der Waals surface area contributed by atoms with Crippen LogP contribution in [0.4, 0.5) is 0 Å². The molecule has 0 aliphatic heterocycles. The number of rotatable bonds is 5. The Balaban J connectivity index is 3.76. The van der Waals surface area contributed by atoms with Crippen LogP contribution in [0, 0.1) is 0 Å². The number of ether oxygens (including phenoxy) is 1. The third-order valence-corrected chi connectivity index (χ3v) is 1.83. The molecule has 0 spiro atoms. The molecule has 13 heavy (non-hydrogen) atoms. The standard InChI is InChI=1S/C6H10O5S2/c7-3(2-12)6(10)11-1-4(13)5(8)9/h3-4,7,12-13H,1-2H2,(H,8,9). The van der Waals surface area contributed by atoms with E-state index in [2.05, 4.69) is 30.0 Å². The van der Waals surface area contributed by atoms with Gasteiger partial charge in [0.05, 0.1) is 0 Å². The van der Waals surface area contributed by atoms with E-state index >= 15 is 0 Å². The number of carbonyl (C=O) groups is 2. The number of carbonyl (C=O) groups excluding carboxylic acids is 1. The van der Waals surface area contributed by atoms with Gasteiger partial charge in [0.15, 0.2) is 6.10 Å². The number of aliphatic hydroxyl groups excluding tert-OH is 1. The highest BCUT2D eigenvalue weighted by atomic mass is 32.1. The van der Waals surface area contributed by atoms with Crippen LogP contribution in [0.3, 0.4) is 0 Å². The molecule has 0 saturated carbocycles. The summed E-state index contributed by atoms with van der Waals surface area (Å²) in [6.07, 6.45) is -1.32. The van der Waals surface area contributed by atoms with Crippen molar-refractivity contribution in [3.63, 3.8) is 0 Å². The Morgan fingerprint density at radius 1 is 1.46 bits per heavy atom. The number of carboxylic acids is 1. The second-order valence-corrected chi connectivity index (χ2v) is 3.17. The van der Waals surface area contributed by atoms with Gasteiger partial charge in [-0.1, -0.05) is 0 Å². The second-order valence-electron chi connectivity index (χ2n) is 2.18. The highest BCUT2D eigenvalue weighted by molar-refractivity contribution is 7.81. The van der Waals surface area contributed by atoms with Gasteiger partial charge in [0, 0.05) is 5.75 Å². The molecule has 0 saturated heterocycles. The quantitative estimate of drug-likeness (QED) is 0.364. The Bertz CT molecular complexity index is 195. The first-order valence-corrected chi connectivity index (χ1v) is 4.50. The molecule has 0 rings (SSSR count). The molecule has 2 unspecified atom stereocenters. The minimum atomic E-state index is -1.32. The third-order valence-electron chi connectivity index (χ3n) is 1.11. The summed E-state index contributed by atoms with van der Waals surface area (Å²) >= 11 is 7.27. The highest BCUT2D eigenvalue weighted by Gasteiger charge is 2.18. The fourth-order valence-electron chi connectivity index (χ4n) is 0.403. The number of esters is 1. The lowest BCUT2D eigenvalue weighted by atomic mass is 10.4. The maximum Gasteiger partial charge on any atom is 0.335 e. The normalized spacial score (nSPS) is 14.7. The molecule has 0 aliphatic carbocycles. The van der Waals surface area contributed by atoms with Crippen LogP contribution in [0.2, 0.25) is 0 Å². The van der Waals surface area contributed by atoms with Crippen molar-refractivity contribution in [2.45, 2.75) is 11.4 Å². The van der Waals surface area contributed by atoms with E-state index in [9.17, 15) is 9.59 Å². The van der Waals surface area contributed by atoms with Crippen molar-refractivity contribution in [3.8, 4) is 0 Å². The maximum atomic E-state index is 10.8. The fourth-order valence-corrected chi connectivity index (χ4v) is 0.627. The summed E-state index contributed by atoms with van der Waals surface area (Å²) in [7, 11) is 0. The summed E-state index contributed by atoms with van der Waals surface area (Å²) in [5, 5.41) is 16.1. The predicted octanol–water partition coefficient (Wildman–Crippen LogP) is -0.797. The SMILES string of the molecule is O=C(OCC(S)C(=O)O)C(O)CS. The van der Waals surface area contributed by atoms with Crippen LogP contribution in [0.1, 0.15) is 0 Å². The van der Waals surface area contributed by atoms with Crippen molar-refractivity contribution in [1.82, 2.24) is 0 Å². The summed E-state index contributed by atoms with van der Waals surface area (Å²) < 4.78 is 4.42. The van der Waals surface area contributed by atoms with Crippen LogP contribution >= 0.6 is 25.3 Å². The molecule has 0 aromatic heterocycles. The Kier molecular flexibility index (Phi) is 5.93. The van der Waals surface area contributed by atoms with E-state index < -0.39 is 23.3 Å². The number of aliphatic hydroxyl groups is 1. The molecule has 0 heterocycles. The smallest absolute Gasteiger partial charge is 0.335 e. The molecule has 2 N–H and O–H groups in total. The first-order chi connectivity index (χ1) is 5.99. The molecule has 0 amide bonds. The van der Waals surface area contributed by atoms with E-state index in [1.54, 1.807) is 0 Å². The van der Waals surface area contributed by atoms with E-state index in [1.165, 1.54) is 0 Å². The first kappa shape index (κ1) is 12.6. The van der Waals surface area contributed by atoms with Gasteiger partial charge in [0.1, 0.15) is 11.9 Å². The molecule has 0 radical (unpaired) electrons. The number of thiol groups is 2. The van der Waals surface area contributed by atoms with Crippen LogP contribution < -0.4 is 0 Å². The van der Waals surface area contributed by atoms with Gasteiger partial charge >= 0.3 is 11.9 Å². The first-order valence-electron chi connectivity index (χ1n) is 3.35. The third kappa shape index (κ3) is 5.02. The van der Waals surface area contributed by atoms with Crippen molar-refractivity contribution in [1.29, 1.82) is 0 Å². The van der Waals surface area contributed by atoms with E-state index in [-0.39, 0.29) is 12.4 Å². The lowest BCUT2D eigenvalue weighted by Crippen LogP contribution is -2.29. The summed E-state index contributed by atoms with van der Waals surface area (Å²) in [6, 6.07) is 0. The largest absolute Gasteiger partial charge is 0.480 e. The molecule has 2 atom stereocenters. The summed E-state index contributed by atoms with van der Waals surface area (Å²) in [4.78, 5) is 21.0. The zero-order chi connectivity index (χ0) is 10.4. The van der Waals surface area contributed by atoms with E-state index in [0.717, 1.165) is 0 Å². The van der Waals surface area contributed by atoms with Gasteiger partial charge in [0.2, 0.25) is 0 Å². The van der Waals surface area contributed by atoms with Crippen molar-refractivity contribution < 1.29 is 24.5 Å². The molecule has 5 nitrogen and oxygen atoms in total. The Labute approximate surface area is 85.9 Å². The van der Waals surface area contributed by atoms with Gasteiger partial charge < -0.3 is 14.9 Å². The summed E-state index contributed by atoms with van der Waals surface area (Å²) in [5.74, 6) is -2.14. The molecule has 7 heteroatoms. The molecule has 0 aliphatic rings.